The molecule has 0 aliphatic rings. The lowest BCUT2D eigenvalue weighted by molar-refractivity contribution is 0.559. The Morgan fingerprint density at radius 1 is 1.40 bits per heavy atom. The van der Waals surface area contributed by atoms with Gasteiger partial charge in [-0.2, -0.15) is 0 Å². The molecule has 0 saturated heterocycles. The molecule has 0 radical (unpaired) electrons. The highest BCUT2D eigenvalue weighted by molar-refractivity contribution is 5.11. The van der Waals surface area contributed by atoms with Gasteiger partial charge in [0.15, 0.2) is 0 Å². The van der Waals surface area contributed by atoms with Crippen molar-refractivity contribution < 1.29 is 4.42 Å². The summed E-state index contributed by atoms with van der Waals surface area (Å²) in [5.41, 5.74) is 8.07. The van der Waals surface area contributed by atoms with Crippen LogP contribution in [0.2, 0.25) is 0 Å². The second kappa shape index (κ2) is 4.23. The highest BCUT2D eigenvalue weighted by Crippen LogP contribution is 2.12. The van der Waals surface area contributed by atoms with Crippen molar-refractivity contribution >= 4 is 0 Å². The molecular formula is C11H13N3O. The predicted octanol–water partition coefficient (Wildman–Crippen LogP) is 1.62. The molecule has 0 aliphatic heterocycles. The fourth-order valence-electron chi connectivity index (χ4n) is 1.35. The zero-order valence-corrected chi connectivity index (χ0v) is 8.55. The van der Waals surface area contributed by atoms with Crippen LogP contribution >= 0.6 is 0 Å². The van der Waals surface area contributed by atoms with E-state index in [0.29, 0.717) is 12.2 Å². The lowest BCUT2D eigenvalue weighted by Gasteiger charge is -2.08. The van der Waals surface area contributed by atoms with E-state index in [1.807, 2.05) is 13.0 Å². The van der Waals surface area contributed by atoms with Crippen LogP contribution in [0.4, 0.5) is 0 Å². The summed E-state index contributed by atoms with van der Waals surface area (Å²) in [4.78, 5) is 8.38. The van der Waals surface area contributed by atoms with Crippen LogP contribution in [0, 0.1) is 6.92 Å². The largest absolute Gasteiger partial charge is 0.472 e. The van der Waals surface area contributed by atoms with Gasteiger partial charge in [-0.15, -0.1) is 0 Å². The van der Waals surface area contributed by atoms with Gasteiger partial charge < -0.3 is 10.2 Å². The van der Waals surface area contributed by atoms with Crippen molar-refractivity contribution in [1.82, 2.24) is 9.97 Å². The van der Waals surface area contributed by atoms with Gasteiger partial charge in [0.25, 0.3) is 0 Å². The Morgan fingerprint density at radius 3 is 2.73 bits per heavy atom. The third-order valence-electron chi connectivity index (χ3n) is 2.17. The van der Waals surface area contributed by atoms with Crippen LogP contribution in [0.1, 0.15) is 23.0 Å². The number of nitrogens with two attached hydrogens (primary N) is 1. The second-order valence-electron chi connectivity index (χ2n) is 3.56. The number of rotatable bonds is 3. The van der Waals surface area contributed by atoms with Crippen molar-refractivity contribution in [3.63, 3.8) is 0 Å². The summed E-state index contributed by atoms with van der Waals surface area (Å²) in [6, 6.07) is 1.72. The molecular weight excluding hydrogens is 190 g/mol. The van der Waals surface area contributed by atoms with Gasteiger partial charge in [0.05, 0.1) is 18.6 Å². The van der Waals surface area contributed by atoms with E-state index in [2.05, 4.69) is 9.97 Å². The van der Waals surface area contributed by atoms with E-state index in [9.17, 15) is 0 Å². The van der Waals surface area contributed by atoms with Crippen molar-refractivity contribution in [3.05, 3.63) is 47.9 Å². The van der Waals surface area contributed by atoms with E-state index in [1.54, 1.807) is 24.9 Å². The van der Waals surface area contributed by atoms with Gasteiger partial charge in [-0.05, 0) is 30.5 Å². The van der Waals surface area contributed by atoms with Gasteiger partial charge in [-0.3, -0.25) is 0 Å². The number of aryl methyl sites for hydroxylation is 1. The Bertz CT molecular complexity index is 408. The van der Waals surface area contributed by atoms with Gasteiger partial charge in [0, 0.05) is 12.4 Å². The fourth-order valence-corrected chi connectivity index (χ4v) is 1.35. The van der Waals surface area contributed by atoms with Crippen molar-refractivity contribution in [3.8, 4) is 0 Å². The minimum atomic E-state index is -0.178. The minimum Gasteiger partial charge on any atom is -0.472 e. The first kappa shape index (κ1) is 9.86. The van der Waals surface area contributed by atoms with Crippen molar-refractivity contribution in [2.75, 3.05) is 0 Å². The molecule has 0 fully saturated rings. The first-order chi connectivity index (χ1) is 7.25. The molecule has 0 spiro atoms. The van der Waals surface area contributed by atoms with Crippen molar-refractivity contribution in [2.24, 2.45) is 5.73 Å². The maximum absolute atomic E-state index is 5.97. The molecule has 0 amide bonds. The quantitative estimate of drug-likeness (QED) is 0.823. The van der Waals surface area contributed by atoms with Crippen LogP contribution in [0.5, 0.6) is 0 Å². The molecule has 2 rings (SSSR count). The van der Waals surface area contributed by atoms with Crippen LogP contribution in [-0.4, -0.2) is 9.97 Å². The summed E-state index contributed by atoms with van der Waals surface area (Å²) >= 11 is 0. The summed E-state index contributed by atoms with van der Waals surface area (Å²) < 4.78 is 4.97. The smallest absolute Gasteiger partial charge is 0.145 e. The predicted molar refractivity (Wildman–Crippen MR) is 56.1 cm³/mol. The standard InChI is InChI=1S/C11H13N3O/c1-8-5-13-11(14-6-8)10(12)4-9-2-3-15-7-9/h2-3,5-7,10H,4,12H2,1H3. The Labute approximate surface area is 88.2 Å². The molecule has 15 heavy (non-hydrogen) atoms. The molecule has 0 bridgehead atoms. The van der Waals surface area contributed by atoms with Gasteiger partial charge in [-0.1, -0.05) is 0 Å². The van der Waals surface area contributed by atoms with E-state index < -0.39 is 0 Å². The lowest BCUT2D eigenvalue weighted by Crippen LogP contribution is -2.16. The molecule has 2 aromatic rings. The third kappa shape index (κ3) is 2.41. The Kier molecular flexibility index (Phi) is 2.78. The second-order valence-corrected chi connectivity index (χ2v) is 3.56. The zero-order chi connectivity index (χ0) is 10.7. The fraction of sp³-hybridized carbons (Fsp3) is 0.273. The normalized spacial score (nSPS) is 12.7. The number of nitrogens with zero attached hydrogens (tertiary/aromatic N) is 2. The molecule has 2 N–H and O–H groups in total. The Morgan fingerprint density at radius 2 is 2.13 bits per heavy atom. The molecule has 0 aliphatic carbocycles. The van der Waals surface area contributed by atoms with Crippen LogP contribution in [0.15, 0.2) is 35.4 Å². The Balaban J connectivity index is 2.08. The van der Waals surface area contributed by atoms with Crippen molar-refractivity contribution in [1.29, 1.82) is 0 Å². The van der Waals surface area contributed by atoms with Crippen LogP contribution in [-0.2, 0) is 6.42 Å². The average Bonchev–Trinajstić information content (AvgIpc) is 2.71. The van der Waals surface area contributed by atoms with Gasteiger partial charge in [0.2, 0.25) is 0 Å². The molecule has 1 atom stereocenters. The summed E-state index contributed by atoms with van der Waals surface area (Å²) in [7, 11) is 0. The van der Waals surface area contributed by atoms with E-state index in [0.717, 1.165) is 11.1 Å². The van der Waals surface area contributed by atoms with E-state index in [4.69, 9.17) is 10.2 Å². The molecule has 4 heteroatoms. The third-order valence-corrected chi connectivity index (χ3v) is 2.17. The number of hydrogen-bond acceptors (Lipinski definition) is 4. The summed E-state index contributed by atoms with van der Waals surface area (Å²) in [5.74, 6) is 0.668. The molecule has 4 nitrogen and oxygen atoms in total. The monoisotopic (exact) mass is 203 g/mol. The average molecular weight is 203 g/mol. The zero-order valence-electron chi connectivity index (χ0n) is 8.55. The van der Waals surface area contributed by atoms with E-state index in [-0.39, 0.29) is 6.04 Å². The van der Waals surface area contributed by atoms with Crippen LogP contribution in [0.25, 0.3) is 0 Å². The molecule has 2 aromatic heterocycles. The summed E-state index contributed by atoms with van der Waals surface area (Å²) in [5, 5.41) is 0. The van der Waals surface area contributed by atoms with Gasteiger partial charge in [0.1, 0.15) is 5.82 Å². The molecule has 78 valence electrons. The van der Waals surface area contributed by atoms with Gasteiger partial charge in [-0.25, -0.2) is 9.97 Å². The lowest BCUT2D eigenvalue weighted by atomic mass is 10.1. The number of furan rings is 1. The van der Waals surface area contributed by atoms with Gasteiger partial charge >= 0.3 is 0 Å². The SMILES string of the molecule is Cc1cnc(C(N)Cc2ccoc2)nc1. The molecule has 0 aromatic carbocycles. The van der Waals surface area contributed by atoms with E-state index >= 15 is 0 Å². The maximum atomic E-state index is 5.97. The topological polar surface area (TPSA) is 64.9 Å². The first-order valence-electron chi connectivity index (χ1n) is 4.81. The summed E-state index contributed by atoms with van der Waals surface area (Å²) in [6.07, 6.45) is 7.57. The maximum Gasteiger partial charge on any atom is 0.145 e. The van der Waals surface area contributed by atoms with E-state index in [1.165, 1.54) is 0 Å². The number of hydrogen-bond donors (Lipinski definition) is 1. The van der Waals surface area contributed by atoms with Crippen LogP contribution < -0.4 is 5.73 Å². The summed E-state index contributed by atoms with van der Waals surface area (Å²) in [6.45, 7) is 1.95. The van der Waals surface area contributed by atoms with Crippen LogP contribution in [0.3, 0.4) is 0 Å². The van der Waals surface area contributed by atoms with Crippen molar-refractivity contribution in [2.45, 2.75) is 19.4 Å². The Hall–Kier alpha value is -1.68. The first-order valence-corrected chi connectivity index (χ1v) is 4.81. The number of aromatic nitrogens is 2. The molecule has 0 saturated carbocycles. The highest BCUT2D eigenvalue weighted by Gasteiger charge is 2.10. The highest BCUT2D eigenvalue weighted by atomic mass is 16.3. The minimum absolute atomic E-state index is 0.178. The molecule has 2 heterocycles. The molecule has 1 unspecified atom stereocenters.